The molecule has 0 aromatic carbocycles. The maximum atomic E-state index is 11.9. The average molecular weight is 204 g/mol. The Kier molecular flexibility index (Phi) is 1.61. The molecule has 15 heavy (non-hydrogen) atoms. The first-order chi connectivity index (χ1) is 7.36. The van der Waals surface area contributed by atoms with Gasteiger partial charge in [-0.05, 0) is 12.1 Å². The Labute approximate surface area is 84.6 Å². The number of anilines is 1. The number of hydrogen-bond donors (Lipinski definition) is 1. The molecule has 0 saturated heterocycles. The molecule has 2 aromatic rings. The molecule has 0 atom stereocenters. The number of nitrogens with zero attached hydrogens (tertiary/aromatic N) is 3. The molecule has 0 unspecified atom stereocenters. The maximum Gasteiger partial charge on any atom is 0.285 e. The first-order valence-electron chi connectivity index (χ1n) is 4.61. The zero-order valence-corrected chi connectivity index (χ0v) is 7.80. The molecular formula is C9H8N4O2. The van der Waals surface area contributed by atoms with Gasteiger partial charge in [-0.3, -0.25) is 9.36 Å². The predicted molar refractivity (Wildman–Crippen MR) is 52.5 cm³/mol. The van der Waals surface area contributed by atoms with Crippen LogP contribution in [0.2, 0.25) is 0 Å². The third-order valence-electron chi connectivity index (χ3n) is 2.32. The summed E-state index contributed by atoms with van der Waals surface area (Å²) in [7, 11) is 0. The molecule has 0 aliphatic carbocycles. The van der Waals surface area contributed by atoms with Gasteiger partial charge >= 0.3 is 0 Å². The second kappa shape index (κ2) is 2.94. The zero-order chi connectivity index (χ0) is 10.3. The van der Waals surface area contributed by atoms with Crippen molar-refractivity contribution >= 4 is 5.95 Å². The maximum absolute atomic E-state index is 11.9. The van der Waals surface area contributed by atoms with Gasteiger partial charge in [0.1, 0.15) is 0 Å². The van der Waals surface area contributed by atoms with Crippen molar-refractivity contribution in [2.24, 2.45) is 0 Å². The molecule has 0 spiro atoms. The fourth-order valence-corrected chi connectivity index (χ4v) is 1.60. The van der Waals surface area contributed by atoms with Gasteiger partial charge in [-0.1, -0.05) is 0 Å². The normalized spacial score (nSPS) is 13.6. The molecule has 0 amide bonds. The summed E-state index contributed by atoms with van der Waals surface area (Å²) < 4.78 is 6.68. The number of rotatable bonds is 1. The van der Waals surface area contributed by atoms with E-state index in [0.717, 1.165) is 0 Å². The lowest BCUT2D eigenvalue weighted by Gasteiger charge is -2.00. The minimum atomic E-state index is -0.167. The molecule has 2 aromatic heterocycles. The molecule has 0 saturated carbocycles. The third kappa shape index (κ3) is 1.14. The minimum absolute atomic E-state index is 0.167. The highest BCUT2D eigenvalue weighted by atomic mass is 16.3. The van der Waals surface area contributed by atoms with Crippen LogP contribution in [0.5, 0.6) is 0 Å². The number of nitrogens with one attached hydrogen (secondary N) is 1. The molecule has 76 valence electrons. The van der Waals surface area contributed by atoms with Crippen molar-refractivity contribution in [3.63, 3.8) is 0 Å². The third-order valence-corrected chi connectivity index (χ3v) is 2.32. The summed E-state index contributed by atoms with van der Waals surface area (Å²) in [6.45, 7) is 1.34. The van der Waals surface area contributed by atoms with Crippen LogP contribution in [-0.2, 0) is 6.54 Å². The van der Waals surface area contributed by atoms with E-state index in [-0.39, 0.29) is 11.3 Å². The molecule has 1 aliphatic heterocycles. The molecule has 0 fully saturated rings. The molecule has 1 aliphatic rings. The van der Waals surface area contributed by atoms with Crippen LogP contribution in [0.15, 0.2) is 27.6 Å². The Balaban J connectivity index is 2.23. The number of furan rings is 1. The van der Waals surface area contributed by atoms with Gasteiger partial charge in [0, 0.05) is 13.1 Å². The monoisotopic (exact) mass is 204 g/mol. The Morgan fingerprint density at radius 3 is 3.20 bits per heavy atom. The summed E-state index contributed by atoms with van der Waals surface area (Å²) in [6, 6.07) is 3.41. The Morgan fingerprint density at radius 1 is 1.47 bits per heavy atom. The highest BCUT2D eigenvalue weighted by Crippen LogP contribution is 2.14. The van der Waals surface area contributed by atoms with Gasteiger partial charge in [0.2, 0.25) is 5.95 Å². The van der Waals surface area contributed by atoms with E-state index in [1.807, 2.05) is 0 Å². The van der Waals surface area contributed by atoms with Gasteiger partial charge in [0.25, 0.3) is 5.56 Å². The van der Waals surface area contributed by atoms with Gasteiger partial charge in [-0.2, -0.15) is 0 Å². The van der Waals surface area contributed by atoms with Crippen LogP contribution in [0.4, 0.5) is 5.95 Å². The van der Waals surface area contributed by atoms with Gasteiger partial charge in [-0.25, -0.2) is 0 Å². The quantitative estimate of drug-likeness (QED) is 0.724. The molecule has 0 bridgehead atoms. The SMILES string of the molecule is O=c1c(-c2ccco2)nnc2n1CCN2. The highest BCUT2D eigenvalue weighted by Gasteiger charge is 2.18. The fraction of sp³-hybridized carbons (Fsp3) is 0.222. The number of hydrogen-bond acceptors (Lipinski definition) is 5. The Bertz CT molecular complexity index is 544. The van der Waals surface area contributed by atoms with Crippen molar-refractivity contribution in [2.75, 3.05) is 11.9 Å². The Hall–Kier alpha value is -2.11. The van der Waals surface area contributed by atoms with Gasteiger partial charge in [-0.15, -0.1) is 10.2 Å². The lowest BCUT2D eigenvalue weighted by molar-refractivity contribution is 0.575. The predicted octanol–water partition coefficient (Wildman–Crippen LogP) is 0.324. The van der Waals surface area contributed by atoms with Crippen LogP contribution in [0.3, 0.4) is 0 Å². The topological polar surface area (TPSA) is 73.0 Å². The van der Waals surface area contributed by atoms with E-state index >= 15 is 0 Å². The van der Waals surface area contributed by atoms with Crippen molar-refractivity contribution in [1.82, 2.24) is 14.8 Å². The minimum Gasteiger partial charge on any atom is -0.462 e. The van der Waals surface area contributed by atoms with E-state index in [1.165, 1.54) is 6.26 Å². The summed E-state index contributed by atoms with van der Waals surface area (Å²) >= 11 is 0. The average Bonchev–Trinajstić information content (AvgIpc) is 2.87. The van der Waals surface area contributed by atoms with Gasteiger partial charge in [0.15, 0.2) is 11.5 Å². The van der Waals surface area contributed by atoms with Crippen LogP contribution in [0.1, 0.15) is 0 Å². The van der Waals surface area contributed by atoms with Crippen molar-refractivity contribution in [3.05, 3.63) is 28.7 Å². The summed E-state index contributed by atoms with van der Waals surface area (Å²) in [6.07, 6.45) is 1.51. The van der Waals surface area contributed by atoms with Crippen molar-refractivity contribution < 1.29 is 4.42 Å². The van der Waals surface area contributed by atoms with Gasteiger partial charge in [0.05, 0.1) is 6.26 Å². The molecular weight excluding hydrogens is 196 g/mol. The second-order valence-corrected chi connectivity index (χ2v) is 3.23. The second-order valence-electron chi connectivity index (χ2n) is 3.23. The number of fused-ring (bicyclic) bond motifs is 1. The standard InChI is InChI=1S/C9H8N4O2/c14-8-7(6-2-1-5-15-6)11-12-9-10-3-4-13(8)9/h1-2,5H,3-4H2,(H,10,12). The van der Waals surface area contributed by atoms with E-state index < -0.39 is 0 Å². The molecule has 0 radical (unpaired) electrons. The van der Waals surface area contributed by atoms with Crippen LogP contribution < -0.4 is 10.9 Å². The van der Waals surface area contributed by atoms with E-state index in [0.29, 0.717) is 24.8 Å². The molecule has 6 nitrogen and oxygen atoms in total. The summed E-state index contributed by atoms with van der Waals surface area (Å²) in [5.74, 6) is 0.977. The summed E-state index contributed by atoms with van der Waals surface area (Å²) in [5, 5.41) is 10.7. The summed E-state index contributed by atoms with van der Waals surface area (Å²) in [5.41, 5.74) is 0.0902. The van der Waals surface area contributed by atoms with E-state index in [9.17, 15) is 4.79 Å². The largest absolute Gasteiger partial charge is 0.462 e. The van der Waals surface area contributed by atoms with Crippen LogP contribution in [-0.4, -0.2) is 21.3 Å². The van der Waals surface area contributed by atoms with Crippen molar-refractivity contribution in [1.29, 1.82) is 0 Å². The molecule has 1 N–H and O–H groups in total. The van der Waals surface area contributed by atoms with Crippen LogP contribution in [0.25, 0.3) is 11.5 Å². The number of aromatic nitrogens is 3. The Morgan fingerprint density at radius 2 is 2.40 bits per heavy atom. The molecule has 6 heteroatoms. The summed E-state index contributed by atoms with van der Waals surface area (Å²) in [4.78, 5) is 11.9. The van der Waals surface area contributed by atoms with Crippen molar-refractivity contribution in [2.45, 2.75) is 6.54 Å². The van der Waals surface area contributed by atoms with E-state index in [1.54, 1.807) is 16.7 Å². The molecule has 3 heterocycles. The lowest BCUT2D eigenvalue weighted by atomic mass is 10.3. The lowest BCUT2D eigenvalue weighted by Crippen LogP contribution is -2.22. The smallest absolute Gasteiger partial charge is 0.285 e. The van der Waals surface area contributed by atoms with Gasteiger partial charge < -0.3 is 9.73 Å². The first-order valence-corrected chi connectivity index (χ1v) is 4.61. The van der Waals surface area contributed by atoms with E-state index in [4.69, 9.17) is 4.42 Å². The van der Waals surface area contributed by atoms with Crippen LogP contribution >= 0.6 is 0 Å². The highest BCUT2D eigenvalue weighted by molar-refractivity contribution is 5.50. The zero-order valence-electron chi connectivity index (χ0n) is 7.80. The van der Waals surface area contributed by atoms with Crippen LogP contribution in [0, 0.1) is 0 Å². The first kappa shape index (κ1) is 8.22. The fourth-order valence-electron chi connectivity index (χ4n) is 1.60. The van der Waals surface area contributed by atoms with E-state index in [2.05, 4.69) is 15.5 Å². The molecule has 3 rings (SSSR count). The van der Waals surface area contributed by atoms with Crippen molar-refractivity contribution in [3.8, 4) is 11.5 Å².